The maximum atomic E-state index is 13.0. The highest BCUT2D eigenvalue weighted by Crippen LogP contribution is 2.20. The molecule has 4 heteroatoms. The molecule has 0 spiro atoms. The Morgan fingerprint density at radius 2 is 2.07 bits per heavy atom. The van der Waals surface area contributed by atoms with Gasteiger partial charge in [0.25, 0.3) is 0 Å². The smallest absolute Gasteiger partial charge is 0.141 e. The van der Waals surface area contributed by atoms with Crippen LogP contribution in [0.4, 0.5) is 4.39 Å². The molecule has 1 rings (SSSR count). The van der Waals surface area contributed by atoms with E-state index >= 15 is 0 Å². The lowest BCUT2D eigenvalue weighted by atomic mass is 10.2. The predicted molar refractivity (Wildman–Crippen MR) is 60.5 cm³/mol. The van der Waals surface area contributed by atoms with Gasteiger partial charge in [0, 0.05) is 12.7 Å². The van der Waals surface area contributed by atoms with Gasteiger partial charge in [0.15, 0.2) is 0 Å². The highest BCUT2D eigenvalue weighted by molar-refractivity contribution is 9.10. The second-order valence-corrected chi connectivity index (χ2v) is 4.06. The Morgan fingerprint density at radius 1 is 1.27 bits per heavy atom. The molecule has 0 aliphatic heterocycles. The number of ether oxygens (including phenoxy) is 1. The molecule has 2 nitrogen and oxygen atoms in total. The van der Waals surface area contributed by atoms with Crippen LogP contribution >= 0.6 is 15.9 Å². The van der Waals surface area contributed by atoms with Crippen molar-refractivity contribution < 1.29 is 14.2 Å². The number of aliphatic hydroxyl groups excluding tert-OH is 1. The summed E-state index contributed by atoms with van der Waals surface area (Å²) in [5, 5.41) is 8.55. The Labute approximate surface area is 97.2 Å². The lowest BCUT2D eigenvalue weighted by Crippen LogP contribution is -1.98. The van der Waals surface area contributed by atoms with Crippen LogP contribution in [0, 0.1) is 5.82 Å². The van der Waals surface area contributed by atoms with Crippen LogP contribution in [0.2, 0.25) is 0 Å². The van der Waals surface area contributed by atoms with Gasteiger partial charge in [-0.1, -0.05) is 0 Å². The highest BCUT2D eigenvalue weighted by atomic mass is 79.9. The summed E-state index contributed by atoms with van der Waals surface area (Å²) in [5.41, 5.74) is 0. The molecule has 0 saturated heterocycles. The molecule has 0 saturated carbocycles. The number of benzene rings is 1. The molecule has 1 aromatic rings. The number of aliphatic hydroxyl groups is 1. The third-order valence-electron chi connectivity index (χ3n) is 1.96. The fraction of sp³-hybridized carbons (Fsp3) is 0.455. The zero-order valence-corrected chi connectivity index (χ0v) is 9.96. The maximum Gasteiger partial charge on any atom is 0.141 e. The Hall–Kier alpha value is -0.610. The quantitative estimate of drug-likeness (QED) is 0.809. The van der Waals surface area contributed by atoms with Crippen molar-refractivity contribution in [3.63, 3.8) is 0 Å². The van der Waals surface area contributed by atoms with Crippen molar-refractivity contribution in [2.75, 3.05) is 13.2 Å². The van der Waals surface area contributed by atoms with Crippen LogP contribution in [0.15, 0.2) is 22.7 Å². The number of halogens is 2. The molecule has 0 atom stereocenters. The van der Waals surface area contributed by atoms with Crippen molar-refractivity contribution in [3.8, 4) is 5.75 Å². The normalized spacial score (nSPS) is 10.3. The van der Waals surface area contributed by atoms with Gasteiger partial charge in [0.2, 0.25) is 0 Å². The Kier molecular flexibility index (Phi) is 5.65. The molecule has 0 amide bonds. The van der Waals surface area contributed by atoms with E-state index in [9.17, 15) is 4.39 Å². The van der Waals surface area contributed by atoms with Gasteiger partial charge >= 0.3 is 0 Å². The van der Waals surface area contributed by atoms with Gasteiger partial charge in [-0.25, -0.2) is 4.39 Å². The van der Waals surface area contributed by atoms with E-state index in [1.807, 2.05) is 0 Å². The summed E-state index contributed by atoms with van der Waals surface area (Å²) >= 11 is 3.07. The number of unbranched alkanes of at least 4 members (excludes halogenated alkanes) is 2. The van der Waals surface area contributed by atoms with Gasteiger partial charge < -0.3 is 9.84 Å². The second kappa shape index (κ2) is 6.80. The second-order valence-electron chi connectivity index (χ2n) is 3.21. The van der Waals surface area contributed by atoms with Gasteiger partial charge in [-0.2, -0.15) is 0 Å². The first-order valence-corrected chi connectivity index (χ1v) is 5.72. The predicted octanol–water partition coefficient (Wildman–Crippen LogP) is 3.13. The summed E-state index contributed by atoms with van der Waals surface area (Å²) in [4.78, 5) is 0. The van der Waals surface area contributed by atoms with Gasteiger partial charge in [-0.15, -0.1) is 0 Å². The zero-order valence-electron chi connectivity index (χ0n) is 8.38. The van der Waals surface area contributed by atoms with Crippen molar-refractivity contribution in [2.45, 2.75) is 19.3 Å². The largest absolute Gasteiger partial charge is 0.493 e. The van der Waals surface area contributed by atoms with E-state index in [-0.39, 0.29) is 12.4 Å². The van der Waals surface area contributed by atoms with Crippen LogP contribution in [0.5, 0.6) is 5.75 Å². The molecule has 1 N–H and O–H groups in total. The molecule has 0 unspecified atom stereocenters. The molecular weight excluding hydrogens is 263 g/mol. The van der Waals surface area contributed by atoms with Crippen LogP contribution in [0.25, 0.3) is 0 Å². The Balaban J connectivity index is 2.28. The van der Waals surface area contributed by atoms with Crippen molar-refractivity contribution >= 4 is 15.9 Å². The molecule has 84 valence electrons. The van der Waals surface area contributed by atoms with Crippen molar-refractivity contribution in [1.82, 2.24) is 0 Å². The molecule has 0 bridgehead atoms. The van der Waals surface area contributed by atoms with E-state index in [1.54, 1.807) is 12.1 Å². The molecule has 0 aromatic heterocycles. The summed E-state index contributed by atoms with van der Waals surface area (Å²) in [6.45, 7) is 0.772. The van der Waals surface area contributed by atoms with E-state index in [4.69, 9.17) is 9.84 Å². The van der Waals surface area contributed by atoms with E-state index in [2.05, 4.69) is 15.9 Å². The number of hydrogen-bond donors (Lipinski definition) is 1. The topological polar surface area (TPSA) is 29.5 Å². The summed E-state index contributed by atoms with van der Waals surface area (Å²) in [6.07, 6.45) is 2.59. The summed E-state index contributed by atoms with van der Waals surface area (Å²) in [7, 11) is 0. The molecule has 0 aliphatic carbocycles. The van der Waals surface area contributed by atoms with Gasteiger partial charge in [0.05, 0.1) is 11.1 Å². The fourth-order valence-electron chi connectivity index (χ4n) is 1.15. The lowest BCUT2D eigenvalue weighted by molar-refractivity contribution is 0.265. The first-order valence-electron chi connectivity index (χ1n) is 4.93. The monoisotopic (exact) mass is 276 g/mol. The molecule has 0 aliphatic rings. The summed E-state index contributed by atoms with van der Waals surface area (Å²) in [5.74, 6) is 0.225. The van der Waals surface area contributed by atoms with E-state index < -0.39 is 0 Å². The highest BCUT2D eigenvalue weighted by Gasteiger charge is 2.00. The molecule has 0 heterocycles. The van der Waals surface area contributed by atoms with E-state index in [0.717, 1.165) is 19.3 Å². The average molecular weight is 277 g/mol. The van der Waals surface area contributed by atoms with E-state index in [0.29, 0.717) is 16.8 Å². The SMILES string of the molecule is OCCCCCOc1ccc(Br)c(F)c1. The number of rotatable bonds is 6. The molecule has 15 heavy (non-hydrogen) atoms. The van der Waals surface area contributed by atoms with Crippen molar-refractivity contribution in [2.24, 2.45) is 0 Å². The van der Waals surface area contributed by atoms with Gasteiger partial charge in [0.1, 0.15) is 11.6 Å². The average Bonchev–Trinajstić information content (AvgIpc) is 2.23. The molecular formula is C11H14BrFO2. The van der Waals surface area contributed by atoms with Gasteiger partial charge in [-0.05, 0) is 47.3 Å². The molecule has 0 radical (unpaired) electrons. The van der Waals surface area contributed by atoms with Gasteiger partial charge in [-0.3, -0.25) is 0 Å². The third kappa shape index (κ3) is 4.62. The fourth-order valence-corrected chi connectivity index (χ4v) is 1.39. The zero-order chi connectivity index (χ0) is 11.1. The maximum absolute atomic E-state index is 13.0. The van der Waals surface area contributed by atoms with Crippen molar-refractivity contribution in [1.29, 1.82) is 0 Å². The van der Waals surface area contributed by atoms with Crippen LogP contribution in [0.1, 0.15) is 19.3 Å². The lowest BCUT2D eigenvalue weighted by Gasteiger charge is -2.06. The first kappa shape index (κ1) is 12.5. The summed E-state index contributed by atoms with van der Waals surface area (Å²) in [6, 6.07) is 4.70. The van der Waals surface area contributed by atoms with Crippen LogP contribution < -0.4 is 4.74 Å². The summed E-state index contributed by atoms with van der Waals surface area (Å²) < 4.78 is 18.8. The van der Waals surface area contributed by atoms with Crippen LogP contribution in [-0.4, -0.2) is 18.3 Å². The minimum absolute atomic E-state index is 0.215. The number of hydrogen-bond acceptors (Lipinski definition) is 2. The minimum Gasteiger partial charge on any atom is -0.493 e. The standard InChI is InChI=1S/C11H14BrFO2/c12-10-5-4-9(8-11(10)13)15-7-3-1-2-6-14/h4-5,8,14H,1-3,6-7H2. The third-order valence-corrected chi connectivity index (χ3v) is 2.61. The molecule has 1 aromatic carbocycles. The minimum atomic E-state index is -0.317. The Morgan fingerprint density at radius 3 is 2.73 bits per heavy atom. The molecule has 0 fully saturated rings. The van der Waals surface area contributed by atoms with Crippen LogP contribution in [-0.2, 0) is 0 Å². The van der Waals surface area contributed by atoms with Crippen molar-refractivity contribution in [3.05, 3.63) is 28.5 Å². The Bertz CT molecular complexity index is 305. The van der Waals surface area contributed by atoms with Crippen LogP contribution in [0.3, 0.4) is 0 Å². The van der Waals surface area contributed by atoms with E-state index in [1.165, 1.54) is 6.07 Å². The first-order chi connectivity index (χ1) is 7.24.